The Morgan fingerprint density at radius 3 is 2.45 bits per heavy atom. The van der Waals surface area contributed by atoms with Crippen molar-refractivity contribution in [3.05, 3.63) is 93.0 Å². The third kappa shape index (κ3) is 6.70. The smallest absolute Gasteiger partial charge is 0.293 e. The highest BCUT2D eigenvalue weighted by Crippen LogP contribution is 2.68. The van der Waals surface area contributed by atoms with Crippen LogP contribution in [-0.2, 0) is 30.7 Å². The molecule has 7 rings (SSSR count). The van der Waals surface area contributed by atoms with Crippen molar-refractivity contribution in [1.29, 1.82) is 0 Å². The number of carbonyl (C=O) groups excluding carboxylic acids is 1. The zero-order valence-corrected chi connectivity index (χ0v) is 29.5. The number of benzene rings is 2. The van der Waals surface area contributed by atoms with E-state index in [4.69, 9.17) is 16.6 Å². The highest BCUT2D eigenvalue weighted by molar-refractivity contribution is 6.37. The molecule has 1 unspecified atom stereocenters. The van der Waals surface area contributed by atoms with Gasteiger partial charge in [0, 0.05) is 42.8 Å². The SMILES string of the molecule is CNc1nn(C)c2c(-c3ccc(C#CC(C)(C)O)nc3[C@H](Cc3cc(F)cc(F)c3)NC(=O)Cn3nc(C(F)F)c4c3C(F)(F)[C@@H]3CC43)ccc(Cl)c12. The number of amides is 1. The number of nitrogens with one attached hydrogen (secondary N) is 2. The maximum atomic E-state index is 15.3. The number of anilines is 1. The molecule has 1 saturated carbocycles. The van der Waals surface area contributed by atoms with E-state index in [0.717, 1.165) is 12.1 Å². The van der Waals surface area contributed by atoms with Crippen molar-refractivity contribution in [1.82, 2.24) is 29.9 Å². The minimum absolute atomic E-state index is 0.0511. The van der Waals surface area contributed by atoms with Gasteiger partial charge in [0.15, 0.2) is 5.82 Å². The van der Waals surface area contributed by atoms with E-state index >= 15 is 8.78 Å². The number of rotatable bonds is 9. The second-order valence-corrected chi connectivity index (χ2v) is 14.2. The summed E-state index contributed by atoms with van der Waals surface area (Å²) in [5.41, 5.74) is -1.18. The molecule has 2 aromatic carbocycles. The van der Waals surface area contributed by atoms with Gasteiger partial charge in [0.2, 0.25) is 5.91 Å². The number of aromatic nitrogens is 5. The van der Waals surface area contributed by atoms with Gasteiger partial charge in [-0.15, -0.1) is 0 Å². The number of aliphatic hydroxyl groups is 1. The van der Waals surface area contributed by atoms with E-state index in [-0.39, 0.29) is 35.4 Å². The molecule has 5 aromatic rings. The maximum Gasteiger partial charge on any atom is 0.293 e. The molecule has 276 valence electrons. The summed E-state index contributed by atoms with van der Waals surface area (Å²) in [6, 6.07) is 8.22. The Balaban J connectivity index is 1.37. The minimum atomic E-state index is -3.46. The summed E-state index contributed by atoms with van der Waals surface area (Å²) in [6.07, 6.45) is -3.34. The molecule has 0 bridgehead atoms. The van der Waals surface area contributed by atoms with Crippen LogP contribution in [-0.4, -0.2) is 48.2 Å². The van der Waals surface area contributed by atoms with Crippen LogP contribution in [0.25, 0.3) is 22.0 Å². The monoisotopic (exact) mass is 755 g/mol. The topological polar surface area (TPSA) is 110 Å². The molecule has 3 atom stereocenters. The Labute approximate surface area is 304 Å². The average Bonchev–Trinajstić information content (AvgIpc) is 3.60. The van der Waals surface area contributed by atoms with Gasteiger partial charge < -0.3 is 15.7 Å². The molecule has 16 heteroatoms. The standard InChI is InChI=1S/C37H32ClF6N7O2/c1-36(2,53)10-9-20-5-6-21(22-7-8-25(38)29-32(22)50(4)49-35(29)45-3)30(46-20)26(13-17-11-18(39)14-19(40)12-17)47-27(52)16-51-33-28(31(48-51)34(41)42)23-15-24(23)37(33,43)44/h5-8,11-12,14,23-24,26,34,53H,13,15-16H2,1-4H3,(H,45,49)(H,47,52)/t23?,24-,26+/m1/s1. The van der Waals surface area contributed by atoms with Crippen LogP contribution in [0, 0.1) is 29.4 Å². The summed E-state index contributed by atoms with van der Waals surface area (Å²) in [4.78, 5) is 18.6. The van der Waals surface area contributed by atoms with Gasteiger partial charge in [0.25, 0.3) is 12.3 Å². The summed E-state index contributed by atoms with van der Waals surface area (Å²) in [7, 11) is 3.37. The predicted molar refractivity (Wildman–Crippen MR) is 185 cm³/mol. The van der Waals surface area contributed by atoms with Crippen LogP contribution >= 0.6 is 11.6 Å². The van der Waals surface area contributed by atoms with Crippen LogP contribution in [0.3, 0.4) is 0 Å². The van der Waals surface area contributed by atoms with Gasteiger partial charge in [-0.2, -0.15) is 19.0 Å². The Morgan fingerprint density at radius 1 is 1.09 bits per heavy atom. The van der Waals surface area contributed by atoms with Crippen molar-refractivity contribution in [2.45, 2.75) is 63.1 Å². The highest BCUT2D eigenvalue weighted by Gasteiger charge is 2.67. The number of hydrogen-bond acceptors (Lipinski definition) is 6. The molecule has 2 aliphatic carbocycles. The lowest BCUT2D eigenvalue weighted by atomic mass is 9.93. The van der Waals surface area contributed by atoms with Crippen LogP contribution in [0.5, 0.6) is 0 Å². The normalized spacial score (nSPS) is 17.7. The van der Waals surface area contributed by atoms with E-state index in [1.807, 2.05) is 0 Å². The van der Waals surface area contributed by atoms with Crippen molar-refractivity contribution in [3.8, 4) is 23.0 Å². The maximum absolute atomic E-state index is 15.3. The first-order chi connectivity index (χ1) is 25.0. The van der Waals surface area contributed by atoms with Crippen molar-refractivity contribution >= 4 is 34.2 Å². The Bertz CT molecular complexity index is 2340. The largest absolute Gasteiger partial charge is 0.378 e. The molecule has 1 fully saturated rings. The second-order valence-electron chi connectivity index (χ2n) is 13.8. The molecule has 1 amide bonds. The van der Waals surface area contributed by atoms with E-state index in [1.54, 1.807) is 43.0 Å². The van der Waals surface area contributed by atoms with Crippen LogP contribution in [0.15, 0.2) is 42.5 Å². The van der Waals surface area contributed by atoms with E-state index in [2.05, 4.69) is 32.7 Å². The molecule has 0 saturated heterocycles. The molecule has 2 aliphatic rings. The van der Waals surface area contributed by atoms with Crippen molar-refractivity contribution < 1.29 is 36.2 Å². The van der Waals surface area contributed by atoms with Crippen LogP contribution < -0.4 is 10.6 Å². The number of hydrogen-bond donors (Lipinski definition) is 3. The van der Waals surface area contributed by atoms with Gasteiger partial charge in [0.1, 0.15) is 40.9 Å². The van der Waals surface area contributed by atoms with E-state index in [0.29, 0.717) is 43.6 Å². The number of halogens is 7. The molecule has 0 aliphatic heterocycles. The molecule has 0 radical (unpaired) electrons. The molecule has 3 heterocycles. The zero-order valence-electron chi connectivity index (χ0n) is 28.7. The van der Waals surface area contributed by atoms with Gasteiger partial charge in [-0.05, 0) is 74.4 Å². The number of pyridine rings is 1. The predicted octanol–water partition coefficient (Wildman–Crippen LogP) is 7.17. The first-order valence-electron chi connectivity index (χ1n) is 16.6. The lowest BCUT2D eigenvalue weighted by molar-refractivity contribution is -0.123. The van der Waals surface area contributed by atoms with Gasteiger partial charge in [0.05, 0.1) is 27.7 Å². The first kappa shape index (κ1) is 36.3. The summed E-state index contributed by atoms with van der Waals surface area (Å²) >= 11 is 6.61. The third-order valence-corrected chi connectivity index (χ3v) is 9.69. The van der Waals surface area contributed by atoms with Crippen molar-refractivity contribution in [3.63, 3.8) is 0 Å². The third-order valence-electron chi connectivity index (χ3n) is 9.37. The van der Waals surface area contributed by atoms with Crippen molar-refractivity contribution in [2.75, 3.05) is 12.4 Å². The summed E-state index contributed by atoms with van der Waals surface area (Å²) in [5.74, 6) is -2.08. The average molecular weight is 756 g/mol. The van der Waals surface area contributed by atoms with E-state index < -0.39 is 71.3 Å². The molecule has 3 aromatic heterocycles. The second kappa shape index (κ2) is 13.1. The van der Waals surface area contributed by atoms with Crippen molar-refractivity contribution in [2.24, 2.45) is 13.0 Å². The zero-order chi connectivity index (χ0) is 38.1. The van der Waals surface area contributed by atoms with Gasteiger partial charge >= 0.3 is 0 Å². The fraction of sp³-hybridized carbons (Fsp3) is 0.351. The summed E-state index contributed by atoms with van der Waals surface area (Å²) < 4.78 is 89.8. The molecular weight excluding hydrogens is 724 g/mol. The lowest BCUT2D eigenvalue weighted by Crippen LogP contribution is -2.35. The number of fused-ring (bicyclic) bond motifs is 4. The molecule has 3 N–H and O–H groups in total. The fourth-order valence-electron chi connectivity index (χ4n) is 7.16. The number of carbonyl (C=O) groups is 1. The van der Waals surface area contributed by atoms with Crippen LogP contribution in [0.4, 0.5) is 32.2 Å². The fourth-order valence-corrected chi connectivity index (χ4v) is 7.40. The molecule has 0 spiro atoms. The summed E-state index contributed by atoms with van der Waals surface area (Å²) in [5, 5.41) is 25.3. The first-order valence-corrected chi connectivity index (χ1v) is 17.0. The quantitative estimate of drug-likeness (QED) is 0.109. The Morgan fingerprint density at radius 2 is 1.79 bits per heavy atom. The highest BCUT2D eigenvalue weighted by atomic mass is 35.5. The van der Waals surface area contributed by atoms with Gasteiger partial charge in [-0.3, -0.25) is 14.2 Å². The molecule has 53 heavy (non-hydrogen) atoms. The van der Waals surface area contributed by atoms with Crippen LogP contribution in [0.1, 0.15) is 72.6 Å². The Kier molecular flexibility index (Phi) is 8.97. The lowest BCUT2D eigenvalue weighted by Gasteiger charge is -2.23. The summed E-state index contributed by atoms with van der Waals surface area (Å²) in [6.45, 7) is 2.09. The number of aryl methyl sites for hydroxylation is 1. The van der Waals surface area contributed by atoms with Gasteiger partial charge in [-0.1, -0.05) is 23.6 Å². The minimum Gasteiger partial charge on any atom is -0.378 e. The number of nitrogens with zero attached hydrogens (tertiary/aromatic N) is 5. The Hall–Kier alpha value is -5.07. The van der Waals surface area contributed by atoms with Gasteiger partial charge in [-0.25, -0.2) is 22.5 Å². The van der Waals surface area contributed by atoms with E-state index in [1.165, 1.54) is 13.8 Å². The molecule has 9 nitrogen and oxygen atoms in total. The van der Waals surface area contributed by atoms with E-state index in [9.17, 15) is 27.5 Å². The molecular formula is C37H32ClF6N7O2. The van der Waals surface area contributed by atoms with Crippen LogP contribution in [0.2, 0.25) is 5.02 Å². The number of alkyl halides is 4.